The van der Waals surface area contributed by atoms with E-state index in [1.165, 1.54) is 0 Å². The van der Waals surface area contributed by atoms with Crippen LogP contribution in [0.1, 0.15) is 63.4 Å². The number of benzene rings is 1. The van der Waals surface area contributed by atoms with E-state index >= 15 is 0 Å². The van der Waals surface area contributed by atoms with Gasteiger partial charge in [0.25, 0.3) is 0 Å². The number of ketones is 1. The lowest BCUT2D eigenvalue weighted by Gasteiger charge is -2.18. The summed E-state index contributed by atoms with van der Waals surface area (Å²) in [4.78, 5) is 37.0. The van der Waals surface area contributed by atoms with Gasteiger partial charge in [-0.15, -0.1) is 0 Å². The van der Waals surface area contributed by atoms with E-state index in [2.05, 4.69) is 5.32 Å². The van der Waals surface area contributed by atoms with Crippen LogP contribution in [0.2, 0.25) is 0 Å². The van der Waals surface area contributed by atoms with Crippen LogP contribution in [0, 0.1) is 5.92 Å². The summed E-state index contributed by atoms with van der Waals surface area (Å²) in [5, 5.41) is 2.85. The van der Waals surface area contributed by atoms with Gasteiger partial charge in [0, 0.05) is 25.3 Å². The van der Waals surface area contributed by atoms with Gasteiger partial charge < -0.3 is 27.3 Å². The summed E-state index contributed by atoms with van der Waals surface area (Å²) in [6, 6.07) is 8.90. The van der Waals surface area contributed by atoms with Gasteiger partial charge in [-0.05, 0) is 50.8 Å². The van der Waals surface area contributed by atoms with E-state index in [9.17, 15) is 14.4 Å². The van der Waals surface area contributed by atoms with E-state index in [1.54, 1.807) is 0 Å². The molecule has 0 spiro atoms. The van der Waals surface area contributed by atoms with Gasteiger partial charge in [-0.2, -0.15) is 0 Å². The number of carbonyl (C=O) groups excluding carboxylic acids is 3. The van der Waals surface area contributed by atoms with E-state index in [-0.39, 0.29) is 37.1 Å². The van der Waals surface area contributed by atoms with Crippen molar-refractivity contribution in [3.05, 3.63) is 35.9 Å². The van der Waals surface area contributed by atoms with E-state index in [4.69, 9.17) is 21.9 Å². The van der Waals surface area contributed by atoms with Gasteiger partial charge in [0.1, 0.15) is 12.4 Å². The predicted octanol–water partition coefficient (Wildman–Crippen LogP) is 1.79. The quantitative estimate of drug-likeness (QED) is 0.197. The van der Waals surface area contributed by atoms with Crippen LogP contribution < -0.4 is 22.5 Å². The molecule has 1 aromatic carbocycles. The highest BCUT2D eigenvalue weighted by Crippen LogP contribution is 2.16. The number of hydrogen-bond acceptors (Lipinski definition) is 7. The van der Waals surface area contributed by atoms with Gasteiger partial charge in [-0.3, -0.25) is 14.4 Å². The molecule has 0 aromatic heterocycles. The minimum Gasteiger partial charge on any atom is -0.461 e. The molecule has 0 fully saturated rings. The molecule has 0 radical (unpaired) electrons. The van der Waals surface area contributed by atoms with Gasteiger partial charge >= 0.3 is 5.97 Å². The van der Waals surface area contributed by atoms with Crippen LogP contribution >= 0.6 is 0 Å². The predicted molar refractivity (Wildman–Crippen MR) is 125 cm³/mol. The van der Waals surface area contributed by atoms with E-state index in [0.29, 0.717) is 38.9 Å². The van der Waals surface area contributed by atoms with Crippen molar-refractivity contribution in [1.82, 2.24) is 5.32 Å². The molecule has 2 unspecified atom stereocenters. The first-order chi connectivity index (χ1) is 15.5. The second kappa shape index (κ2) is 17.3. The van der Waals surface area contributed by atoms with E-state index < -0.39 is 12.0 Å². The third-order valence-corrected chi connectivity index (χ3v) is 5.31. The van der Waals surface area contributed by atoms with Gasteiger partial charge in [0.2, 0.25) is 5.91 Å². The van der Waals surface area contributed by atoms with Gasteiger partial charge in [-0.1, -0.05) is 43.2 Å². The van der Waals surface area contributed by atoms with Crippen molar-refractivity contribution in [1.29, 1.82) is 0 Å². The molecule has 1 amide bonds. The number of ether oxygens (including phenoxy) is 1. The Morgan fingerprint density at radius 2 is 1.56 bits per heavy atom. The zero-order valence-electron chi connectivity index (χ0n) is 19.1. The zero-order valence-corrected chi connectivity index (χ0v) is 19.1. The number of nitrogens with two attached hydrogens (primary N) is 3. The lowest BCUT2D eigenvalue weighted by atomic mass is 9.91. The summed E-state index contributed by atoms with van der Waals surface area (Å²) in [6.07, 6.45) is 5.19. The van der Waals surface area contributed by atoms with Crippen molar-refractivity contribution in [3.8, 4) is 0 Å². The van der Waals surface area contributed by atoms with Crippen LogP contribution in [0.25, 0.3) is 0 Å². The number of hydrogen-bond donors (Lipinski definition) is 4. The Bertz CT molecular complexity index is 669. The van der Waals surface area contributed by atoms with Crippen molar-refractivity contribution in [2.24, 2.45) is 23.1 Å². The summed E-state index contributed by atoms with van der Waals surface area (Å²) >= 11 is 0. The van der Waals surface area contributed by atoms with Crippen molar-refractivity contribution in [3.63, 3.8) is 0 Å². The normalized spacial score (nSPS) is 12.7. The Balaban J connectivity index is 2.37. The van der Waals surface area contributed by atoms with Crippen LogP contribution in [-0.4, -0.2) is 43.3 Å². The average Bonchev–Trinajstić information content (AvgIpc) is 2.80. The molecular formula is C24H40N4O4. The fourth-order valence-electron chi connectivity index (χ4n) is 3.32. The number of unbranched alkanes of at least 4 members (excludes halogenated alkanes) is 2. The van der Waals surface area contributed by atoms with Crippen molar-refractivity contribution in [2.45, 2.75) is 70.4 Å². The summed E-state index contributed by atoms with van der Waals surface area (Å²) < 4.78 is 5.24. The molecule has 0 aliphatic heterocycles. The van der Waals surface area contributed by atoms with Crippen molar-refractivity contribution in [2.75, 3.05) is 19.6 Å². The fraction of sp³-hybridized carbons (Fsp3) is 0.625. The number of rotatable bonds is 18. The Labute approximate surface area is 191 Å². The maximum atomic E-state index is 12.6. The molecule has 32 heavy (non-hydrogen) atoms. The topological polar surface area (TPSA) is 151 Å². The molecule has 0 bridgehead atoms. The molecule has 7 N–H and O–H groups in total. The Hall–Kier alpha value is -2.29. The number of carbonyl (C=O) groups is 3. The second-order valence-electron chi connectivity index (χ2n) is 8.08. The molecule has 180 valence electrons. The highest BCUT2D eigenvalue weighted by molar-refractivity contribution is 5.89. The first-order valence-electron chi connectivity index (χ1n) is 11.6. The lowest BCUT2D eigenvalue weighted by molar-refractivity contribution is -0.145. The zero-order chi connectivity index (χ0) is 23.6. The van der Waals surface area contributed by atoms with Gasteiger partial charge in [0.15, 0.2) is 0 Å². The minimum absolute atomic E-state index is 0.0978. The van der Waals surface area contributed by atoms with Crippen LogP contribution in [0.3, 0.4) is 0 Å². The molecule has 0 saturated carbocycles. The van der Waals surface area contributed by atoms with E-state index in [0.717, 1.165) is 31.2 Å². The lowest BCUT2D eigenvalue weighted by Crippen LogP contribution is -2.37. The SMILES string of the molecule is NCCCCC(N)C(=O)CC(CCCCN)C(=O)NCCCC(=O)OCc1ccccc1. The average molecular weight is 449 g/mol. The largest absolute Gasteiger partial charge is 0.461 e. The minimum atomic E-state index is -0.564. The highest BCUT2D eigenvalue weighted by Gasteiger charge is 2.24. The van der Waals surface area contributed by atoms with Crippen LogP contribution in [0.4, 0.5) is 0 Å². The monoisotopic (exact) mass is 448 g/mol. The molecule has 8 nitrogen and oxygen atoms in total. The molecule has 0 heterocycles. The standard InChI is InChI=1S/C24H40N4O4/c25-14-6-4-11-20(17-22(29)21(27)12-5-7-15-26)24(31)28-16-8-13-23(30)32-18-19-9-2-1-3-10-19/h1-3,9-10,20-21H,4-8,11-18,25-27H2,(H,28,31). The summed E-state index contributed by atoms with van der Waals surface area (Å²) in [5.74, 6) is -1.01. The number of Topliss-reactive ketones (excluding diaryl/α,β-unsaturated/α-hetero) is 1. The number of nitrogens with one attached hydrogen (secondary N) is 1. The number of amides is 1. The highest BCUT2D eigenvalue weighted by atomic mass is 16.5. The van der Waals surface area contributed by atoms with Crippen LogP contribution in [0.15, 0.2) is 30.3 Å². The first-order valence-corrected chi connectivity index (χ1v) is 11.6. The smallest absolute Gasteiger partial charge is 0.306 e. The van der Waals surface area contributed by atoms with Crippen molar-refractivity contribution >= 4 is 17.7 Å². The van der Waals surface area contributed by atoms with E-state index in [1.807, 2.05) is 30.3 Å². The Morgan fingerprint density at radius 3 is 2.22 bits per heavy atom. The molecule has 0 aliphatic rings. The fourth-order valence-corrected chi connectivity index (χ4v) is 3.32. The summed E-state index contributed by atoms with van der Waals surface area (Å²) in [7, 11) is 0. The molecule has 1 aromatic rings. The molecule has 1 rings (SSSR count). The van der Waals surface area contributed by atoms with Gasteiger partial charge in [0.05, 0.1) is 6.04 Å². The maximum absolute atomic E-state index is 12.6. The summed E-state index contributed by atoms with van der Waals surface area (Å²) in [6.45, 7) is 1.71. The third kappa shape index (κ3) is 12.5. The molecule has 8 heteroatoms. The summed E-state index contributed by atoms with van der Waals surface area (Å²) in [5.41, 5.74) is 18.0. The molecule has 2 atom stereocenters. The van der Waals surface area contributed by atoms with Crippen molar-refractivity contribution < 1.29 is 19.1 Å². The molecule has 0 saturated heterocycles. The molecular weight excluding hydrogens is 408 g/mol. The van der Waals surface area contributed by atoms with Gasteiger partial charge in [-0.25, -0.2) is 0 Å². The maximum Gasteiger partial charge on any atom is 0.306 e. The Kier molecular flexibility index (Phi) is 15.0. The van der Waals surface area contributed by atoms with Crippen LogP contribution in [0.5, 0.6) is 0 Å². The number of esters is 1. The second-order valence-corrected chi connectivity index (χ2v) is 8.08. The van der Waals surface area contributed by atoms with Crippen LogP contribution in [-0.2, 0) is 25.7 Å². The molecule has 0 aliphatic carbocycles. The third-order valence-electron chi connectivity index (χ3n) is 5.31. The first kappa shape index (κ1) is 27.7. The Morgan fingerprint density at radius 1 is 0.906 bits per heavy atom.